The van der Waals surface area contributed by atoms with E-state index < -0.39 is 19.3 Å². The molecule has 0 amide bonds. The topological polar surface area (TPSA) is 51.2 Å². The maximum Gasteiger partial charge on any atom is 0.195 e. The van der Waals surface area contributed by atoms with Crippen molar-refractivity contribution in [1.29, 1.82) is 0 Å². The summed E-state index contributed by atoms with van der Waals surface area (Å²) in [4.78, 5) is 12.3. The normalized spacial score (nSPS) is 15.3. The first-order valence-electron chi connectivity index (χ1n) is 5.23. The van der Waals surface area contributed by atoms with Gasteiger partial charge in [-0.15, -0.1) is 0 Å². The number of sulfone groups is 1. The Morgan fingerprint density at radius 3 is 2.29 bits per heavy atom. The minimum Gasteiger partial charge on any atom is -0.291 e. The molecule has 1 rings (SSSR count). The van der Waals surface area contributed by atoms with Gasteiger partial charge in [-0.1, -0.05) is 47.1 Å². The van der Waals surface area contributed by atoms with E-state index in [0.717, 1.165) is 11.8 Å². The molecule has 0 saturated carbocycles. The highest BCUT2D eigenvalue weighted by Gasteiger charge is 2.44. The summed E-state index contributed by atoms with van der Waals surface area (Å²) in [6.45, 7) is 3.46. The Hall–Kier alpha value is -0.680. The first kappa shape index (κ1) is 14.4. The second-order valence-corrected chi connectivity index (χ2v) is 8.12. The van der Waals surface area contributed by atoms with Crippen LogP contribution in [-0.4, -0.2) is 24.1 Å². The Balaban J connectivity index is 3.35. The molecule has 0 spiro atoms. The third-order valence-electron chi connectivity index (χ3n) is 2.77. The van der Waals surface area contributed by atoms with Crippen LogP contribution in [0.25, 0.3) is 0 Å². The predicted molar refractivity (Wildman–Crippen MR) is 72.3 cm³/mol. The summed E-state index contributed by atoms with van der Waals surface area (Å²) in [5, 5.41) is 0. The minimum absolute atomic E-state index is 0.193. The van der Waals surface area contributed by atoms with E-state index in [1.165, 1.54) is 0 Å². The number of aryl methyl sites for hydroxylation is 1. The highest BCUT2D eigenvalue weighted by molar-refractivity contribution is 9.12. The van der Waals surface area contributed by atoms with E-state index in [2.05, 4.69) is 15.9 Å². The quantitative estimate of drug-likeness (QED) is 0.633. The molecule has 1 atom stereocenters. The van der Waals surface area contributed by atoms with Gasteiger partial charge < -0.3 is 0 Å². The van der Waals surface area contributed by atoms with Crippen molar-refractivity contribution < 1.29 is 13.2 Å². The fourth-order valence-electron chi connectivity index (χ4n) is 1.62. The number of Topliss-reactive ketones (excluding diaryl/α,β-unsaturated/α-hetero) is 1. The Bertz CT molecular complexity index is 536. The van der Waals surface area contributed by atoms with Gasteiger partial charge in [0, 0.05) is 11.8 Å². The predicted octanol–water partition coefficient (Wildman–Crippen LogP) is 2.72. The average molecular weight is 319 g/mol. The molecular formula is C12H15BrO3S. The number of halogens is 1. The number of alkyl halides is 1. The largest absolute Gasteiger partial charge is 0.291 e. The minimum atomic E-state index is -3.51. The van der Waals surface area contributed by atoms with Crippen LogP contribution in [-0.2, 0) is 9.84 Å². The lowest BCUT2D eigenvalue weighted by atomic mass is 10.0. The zero-order valence-electron chi connectivity index (χ0n) is 10.0. The van der Waals surface area contributed by atoms with E-state index in [0.29, 0.717) is 5.56 Å². The molecule has 94 valence electrons. The average Bonchev–Trinajstić information content (AvgIpc) is 2.26. The molecule has 1 aromatic carbocycles. The number of benzene rings is 1. The number of hydrogen-bond donors (Lipinski definition) is 0. The number of rotatable bonds is 4. The zero-order chi connectivity index (χ0) is 13.3. The van der Waals surface area contributed by atoms with Gasteiger partial charge in [-0.3, -0.25) is 4.79 Å². The second kappa shape index (κ2) is 4.90. The second-order valence-electron chi connectivity index (χ2n) is 4.00. The van der Waals surface area contributed by atoms with Gasteiger partial charge in [0.2, 0.25) is 0 Å². The summed E-state index contributed by atoms with van der Waals surface area (Å²) in [5.41, 5.74) is 1.22. The van der Waals surface area contributed by atoms with Gasteiger partial charge in [0.1, 0.15) is 0 Å². The molecule has 5 heteroatoms. The summed E-state index contributed by atoms with van der Waals surface area (Å²) in [7, 11) is -3.51. The number of ketones is 1. The van der Waals surface area contributed by atoms with Crippen LogP contribution in [0.15, 0.2) is 24.3 Å². The van der Waals surface area contributed by atoms with Crippen molar-refractivity contribution in [2.24, 2.45) is 0 Å². The third-order valence-corrected chi connectivity index (χ3v) is 7.11. The van der Waals surface area contributed by atoms with E-state index in [4.69, 9.17) is 0 Å². The maximum absolute atomic E-state index is 12.3. The van der Waals surface area contributed by atoms with Crippen LogP contribution in [0.2, 0.25) is 0 Å². The van der Waals surface area contributed by atoms with Gasteiger partial charge in [-0.25, -0.2) is 8.42 Å². The summed E-state index contributed by atoms with van der Waals surface area (Å²) in [5.74, 6) is -0.402. The van der Waals surface area contributed by atoms with Gasteiger partial charge in [0.05, 0.1) is 0 Å². The SMILES string of the molecule is CCC(Br)(C(=O)c1ccccc1C)S(C)(=O)=O. The van der Waals surface area contributed by atoms with E-state index in [9.17, 15) is 13.2 Å². The van der Waals surface area contributed by atoms with E-state index in [1.807, 2.05) is 6.07 Å². The van der Waals surface area contributed by atoms with E-state index in [1.54, 1.807) is 32.0 Å². The van der Waals surface area contributed by atoms with Gasteiger partial charge >= 0.3 is 0 Å². The Labute approximate surface area is 110 Å². The third kappa shape index (κ3) is 2.60. The molecule has 3 nitrogen and oxygen atoms in total. The summed E-state index contributed by atoms with van der Waals surface area (Å²) >= 11 is 3.10. The van der Waals surface area contributed by atoms with Crippen LogP contribution in [0.1, 0.15) is 29.3 Å². The fraction of sp³-hybridized carbons (Fsp3) is 0.417. The first-order chi connectivity index (χ1) is 7.74. The van der Waals surface area contributed by atoms with Gasteiger partial charge in [-0.05, 0) is 18.9 Å². The smallest absolute Gasteiger partial charge is 0.195 e. The van der Waals surface area contributed by atoms with Crippen LogP contribution in [0.3, 0.4) is 0 Å². The Morgan fingerprint density at radius 2 is 1.88 bits per heavy atom. The zero-order valence-corrected chi connectivity index (χ0v) is 12.4. The van der Waals surface area contributed by atoms with E-state index >= 15 is 0 Å². The van der Waals surface area contributed by atoms with Crippen molar-refractivity contribution in [2.75, 3.05) is 6.26 Å². The summed E-state index contributed by atoms with van der Waals surface area (Å²) in [6.07, 6.45) is 1.26. The van der Waals surface area contributed by atoms with Crippen LogP contribution < -0.4 is 0 Å². The van der Waals surface area contributed by atoms with Crippen molar-refractivity contribution >= 4 is 31.6 Å². The molecule has 0 radical (unpaired) electrons. The maximum atomic E-state index is 12.3. The van der Waals surface area contributed by atoms with Crippen LogP contribution in [0.4, 0.5) is 0 Å². The van der Waals surface area contributed by atoms with Crippen LogP contribution in [0, 0.1) is 6.92 Å². The highest BCUT2D eigenvalue weighted by Crippen LogP contribution is 2.33. The molecule has 0 aliphatic rings. The van der Waals surface area contributed by atoms with Crippen molar-refractivity contribution in [2.45, 2.75) is 23.9 Å². The van der Waals surface area contributed by atoms with Gasteiger partial charge in [-0.2, -0.15) is 0 Å². The molecular weight excluding hydrogens is 304 g/mol. The molecule has 0 N–H and O–H groups in total. The molecule has 1 unspecified atom stereocenters. The molecule has 0 aliphatic heterocycles. The fourth-order valence-corrected chi connectivity index (χ4v) is 2.80. The molecule has 17 heavy (non-hydrogen) atoms. The summed E-state index contributed by atoms with van der Waals surface area (Å²) < 4.78 is 22.0. The standard InChI is InChI=1S/C12H15BrO3S/c1-4-12(13,17(3,15)16)11(14)10-8-6-5-7-9(10)2/h5-8H,4H2,1-3H3. The van der Waals surface area contributed by atoms with Gasteiger partial charge in [0.25, 0.3) is 0 Å². The van der Waals surface area contributed by atoms with Crippen molar-refractivity contribution in [3.8, 4) is 0 Å². The first-order valence-corrected chi connectivity index (χ1v) is 7.91. The van der Waals surface area contributed by atoms with Crippen molar-refractivity contribution in [3.05, 3.63) is 35.4 Å². The lowest BCUT2D eigenvalue weighted by Crippen LogP contribution is -2.39. The molecule has 0 aliphatic carbocycles. The lowest BCUT2D eigenvalue weighted by Gasteiger charge is -2.23. The summed E-state index contributed by atoms with van der Waals surface area (Å²) in [6, 6.07) is 6.98. The number of hydrogen-bond acceptors (Lipinski definition) is 3. The lowest BCUT2D eigenvalue weighted by molar-refractivity contribution is 0.0975. The molecule has 0 aromatic heterocycles. The number of carbonyl (C=O) groups is 1. The van der Waals surface area contributed by atoms with Gasteiger partial charge in [0.15, 0.2) is 19.3 Å². The Kier molecular flexibility index (Phi) is 4.15. The Morgan fingerprint density at radius 1 is 1.35 bits per heavy atom. The van der Waals surface area contributed by atoms with E-state index in [-0.39, 0.29) is 6.42 Å². The van der Waals surface area contributed by atoms with Crippen molar-refractivity contribution in [3.63, 3.8) is 0 Å². The molecule has 0 saturated heterocycles. The molecule has 1 aromatic rings. The number of carbonyl (C=O) groups excluding carboxylic acids is 1. The molecule has 0 heterocycles. The monoisotopic (exact) mass is 318 g/mol. The van der Waals surface area contributed by atoms with Crippen LogP contribution in [0.5, 0.6) is 0 Å². The molecule has 0 fully saturated rings. The molecule has 0 bridgehead atoms. The van der Waals surface area contributed by atoms with Crippen molar-refractivity contribution in [1.82, 2.24) is 0 Å². The highest BCUT2D eigenvalue weighted by atomic mass is 79.9. The van der Waals surface area contributed by atoms with Crippen LogP contribution >= 0.6 is 15.9 Å².